The maximum atomic E-state index is 13.3. The second kappa shape index (κ2) is 8.58. The summed E-state index contributed by atoms with van der Waals surface area (Å²) in [4.78, 5) is 26.4. The number of nitro benzene ring substituents is 1. The lowest BCUT2D eigenvalue weighted by molar-refractivity contribution is -0.384. The van der Waals surface area contributed by atoms with E-state index >= 15 is 0 Å². The van der Waals surface area contributed by atoms with Crippen LogP contribution in [0.2, 0.25) is 0 Å². The molecular formula is C19H15FN4O4. The zero-order chi connectivity index (χ0) is 19.9. The van der Waals surface area contributed by atoms with Crippen molar-refractivity contribution < 1.29 is 18.8 Å². The Labute approximate surface area is 159 Å². The van der Waals surface area contributed by atoms with E-state index in [1.165, 1.54) is 48.7 Å². The molecular weight excluding hydrogens is 367 g/mol. The van der Waals surface area contributed by atoms with Gasteiger partial charge in [-0.2, -0.15) is 0 Å². The molecule has 0 aliphatic heterocycles. The zero-order valence-electron chi connectivity index (χ0n) is 14.5. The summed E-state index contributed by atoms with van der Waals surface area (Å²) in [5, 5.41) is 15.9. The Morgan fingerprint density at radius 2 is 1.96 bits per heavy atom. The number of hydrogen-bond acceptors (Lipinski definition) is 5. The summed E-state index contributed by atoms with van der Waals surface area (Å²) in [5.41, 5.74) is 0.728. The Bertz CT molecular complexity index is 1010. The average Bonchev–Trinajstić information content (AvgIpc) is 2.67. The fraction of sp³-hybridized carbons (Fsp3) is 0.0526. The monoisotopic (exact) mass is 382 g/mol. The van der Waals surface area contributed by atoms with E-state index in [0.717, 1.165) is 0 Å². The second-order valence-electron chi connectivity index (χ2n) is 5.64. The highest BCUT2D eigenvalue weighted by molar-refractivity contribution is 5.89. The van der Waals surface area contributed by atoms with Crippen molar-refractivity contribution in [1.29, 1.82) is 0 Å². The summed E-state index contributed by atoms with van der Waals surface area (Å²) in [6.45, 7) is 0.0826. The molecule has 1 aromatic heterocycles. The van der Waals surface area contributed by atoms with E-state index in [9.17, 15) is 19.3 Å². The number of anilines is 1. The molecule has 0 aliphatic carbocycles. The fourth-order valence-corrected chi connectivity index (χ4v) is 2.34. The van der Waals surface area contributed by atoms with Crippen LogP contribution in [0.3, 0.4) is 0 Å². The van der Waals surface area contributed by atoms with E-state index in [2.05, 4.69) is 15.6 Å². The molecule has 2 amide bonds. The van der Waals surface area contributed by atoms with Crippen LogP contribution in [-0.2, 0) is 6.54 Å². The van der Waals surface area contributed by atoms with E-state index < -0.39 is 16.8 Å². The third-order valence-corrected chi connectivity index (χ3v) is 3.61. The predicted octanol–water partition coefficient (Wildman–Crippen LogP) is 4.24. The minimum atomic E-state index is -0.555. The SMILES string of the molecule is O=C(NCc1cccnc1Oc1cccc(F)c1)Nc1cccc([N+](=O)[O-])c1. The van der Waals surface area contributed by atoms with Gasteiger partial charge in [-0.15, -0.1) is 0 Å². The highest BCUT2D eigenvalue weighted by atomic mass is 19.1. The lowest BCUT2D eigenvalue weighted by Gasteiger charge is -2.11. The molecule has 3 rings (SSSR count). The Kier molecular flexibility index (Phi) is 5.75. The molecule has 0 radical (unpaired) electrons. The Morgan fingerprint density at radius 3 is 2.75 bits per heavy atom. The number of rotatable bonds is 6. The van der Waals surface area contributed by atoms with Gasteiger partial charge in [0, 0.05) is 42.2 Å². The van der Waals surface area contributed by atoms with Gasteiger partial charge in [-0.3, -0.25) is 10.1 Å². The van der Waals surface area contributed by atoms with Crippen molar-refractivity contribution in [2.24, 2.45) is 0 Å². The molecule has 2 N–H and O–H groups in total. The standard InChI is InChI=1S/C19H15FN4O4/c20-14-5-1-8-17(10-14)28-18-13(4-3-9-21-18)12-22-19(25)23-15-6-2-7-16(11-15)24(26)27/h1-11H,12H2,(H2,22,23,25). The fourth-order valence-electron chi connectivity index (χ4n) is 2.34. The molecule has 1 heterocycles. The van der Waals surface area contributed by atoms with E-state index in [1.54, 1.807) is 18.2 Å². The van der Waals surface area contributed by atoms with Gasteiger partial charge in [-0.1, -0.05) is 18.2 Å². The highest BCUT2D eigenvalue weighted by Gasteiger charge is 2.10. The van der Waals surface area contributed by atoms with Gasteiger partial charge in [0.2, 0.25) is 5.88 Å². The molecule has 2 aromatic carbocycles. The molecule has 0 saturated carbocycles. The lowest BCUT2D eigenvalue weighted by atomic mass is 10.2. The van der Waals surface area contributed by atoms with Gasteiger partial charge in [0.05, 0.1) is 4.92 Å². The number of carbonyl (C=O) groups excluding carboxylic acids is 1. The normalized spacial score (nSPS) is 10.2. The van der Waals surface area contributed by atoms with Crippen LogP contribution in [0.15, 0.2) is 66.9 Å². The smallest absolute Gasteiger partial charge is 0.319 e. The van der Waals surface area contributed by atoms with Crippen LogP contribution in [-0.4, -0.2) is 15.9 Å². The summed E-state index contributed by atoms with van der Waals surface area (Å²) in [6.07, 6.45) is 1.52. The number of hydrogen-bond donors (Lipinski definition) is 2. The van der Waals surface area contributed by atoms with Gasteiger partial charge in [0.15, 0.2) is 0 Å². The first-order valence-corrected chi connectivity index (χ1v) is 8.18. The second-order valence-corrected chi connectivity index (χ2v) is 5.64. The van der Waals surface area contributed by atoms with Crippen molar-refractivity contribution in [1.82, 2.24) is 10.3 Å². The zero-order valence-corrected chi connectivity index (χ0v) is 14.5. The van der Waals surface area contributed by atoms with E-state index in [4.69, 9.17) is 4.74 Å². The van der Waals surface area contributed by atoms with Crippen molar-refractivity contribution in [3.05, 3.63) is 88.4 Å². The number of non-ortho nitro benzene ring substituents is 1. The predicted molar refractivity (Wildman–Crippen MR) is 99.7 cm³/mol. The van der Waals surface area contributed by atoms with E-state index in [0.29, 0.717) is 5.56 Å². The third kappa shape index (κ3) is 5.01. The van der Waals surface area contributed by atoms with Gasteiger partial charge in [0.25, 0.3) is 5.69 Å². The third-order valence-electron chi connectivity index (χ3n) is 3.61. The van der Waals surface area contributed by atoms with Crippen molar-refractivity contribution in [3.8, 4) is 11.6 Å². The number of halogens is 1. The average molecular weight is 382 g/mol. The molecule has 8 nitrogen and oxygen atoms in total. The Morgan fingerprint density at radius 1 is 1.14 bits per heavy atom. The lowest BCUT2D eigenvalue weighted by Crippen LogP contribution is -2.28. The first kappa shape index (κ1) is 18.8. The number of urea groups is 1. The summed E-state index contributed by atoms with van der Waals surface area (Å²) < 4.78 is 18.9. The number of carbonyl (C=O) groups is 1. The van der Waals surface area contributed by atoms with Crippen LogP contribution >= 0.6 is 0 Å². The number of amides is 2. The largest absolute Gasteiger partial charge is 0.439 e. The molecule has 0 spiro atoms. The number of ether oxygens (including phenoxy) is 1. The van der Waals surface area contributed by atoms with Crippen LogP contribution in [0.5, 0.6) is 11.6 Å². The van der Waals surface area contributed by atoms with Crippen LogP contribution in [0.25, 0.3) is 0 Å². The Hall–Kier alpha value is -4.01. The molecule has 9 heteroatoms. The molecule has 0 fully saturated rings. The number of nitro groups is 1. The Balaban J connectivity index is 1.64. The molecule has 3 aromatic rings. The van der Waals surface area contributed by atoms with Gasteiger partial charge < -0.3 is 15.4 Å². The van der Waals surface area contributed by atoms with Gasteiger partial charge in [-0.25, -0.2) is 14.2 Å². The van der Waals surface area contributed by atoms with Crippen molar-refractivity contribution in [3.63, 3.8) is 0 Å². The van der Waals surface area contributed by atoms with Crippen molar-refractivity contribution in [2.45, 2.75) is 6.54 Å². The number of nitrogens with zero attached hydrogens (tertiary/aromatic N) is 2. The topological polar surface area (TPSA) is 106 Å². The minimum absolute atomic E-state index is 0.0826. The van der Waals surface area contributed by atoms with Gasteiger partial charge >= 0.3 is 6.03 Å². The van der Waals surface area contributed by atoms with Crippen molar-refractivity contribution in [2.75, 3.05) is 5.32 Å². The van der Waals surface area contributed by atoms with Crippen molar-refractivity contribution >= 4 is 17.4 Å². The highest BCUT2D eigenvalue weighted by Crippen LogP contribution is 2.23. The first-order chi connectivity index (χ1) is 13.5. The van der Waals surface area contributed by atoms with Crippen LogP contribution in [0, 0.1) is 15.9 Å². The molecule has 28 heavy (non-hydrogen) atoms. The quantitative estimate of drug-likeness (QED) is 0.490. The molecule has 142 valence electrons. The summed E-state index contributed by atoms with van der Waals surface area (Å²) in [6, 6.07) is 14.0. The van der Waals surface area contributed by atoms with Gasteiger partial charge in [-0.05, 0) is 24.3 Å². The molecule has 0 bridgehead atoms. The number of benzene rings is 2. The van der Waals surface area contributed by atoms with E-state index in [1.807, 2.05) is 0 Å². The summed E-state index contributed by atoms with van der Waals surface area (Å²) >= 11 is 0. The molecule has 0 atom stereocenters. The molecule has 0 saturated heterocycles. The summed E-state index contributed by atoms with van der Waals surface area (Å²) in [5.74, 6) is 0.0641. The van der Waals surface area contributed by atoms with Crippen LogP contribution in [0.1, 0.15) is 5.56 Å². The first-order valence-electron chi connectivity index (χ1n) is 8.18. The van der Waals surface area contributed by atoms with E-state index in [-0.39, 0.29) is 29.5 Å². The molecule has 0 unspecified atom stereocenters. The summed E-state index contributed by atoms with van der Waals surface area (Å²) in [7, 11) is 0. The molecule has 0 aliphatic rings. The van der Waals surface area contributed by atoms with Gasteiger partial charge in [0.1, 0.15) is 11.6 Å². The number of nitrogens with one attached hydrogen (secondary N) is 2. The van der Waals surface area contributed by atoms with Crippen LogP contribution in [0.4, 0.5) is 20.6 Å². The minimum Gasteiger partial charge on any atom is -0.439 e. The number of aromatic nitrogens is 1. The number of pyridine rings is 1. The maximum absolute atomic E-state index is 13.3. The maximum Gasteiger partial charge on any atom is 0.319 e. The van der Waals surface area contributed by atoms with Crippen LogP contribution < -0.4 is 15.4 Å².